The van der Waals surface area contributed by atoms with Crippen molar-refractivity contribution in [1.82, 2.24) is 9.80 Å². The number of amides is 2. The van der Waals surface area contributed by atoms with Gasteiger partial charge in [0.1, 0.15) is 0 Å². The quantitative estimate of drug-likeness (QED) is 0.573. The van der Waals surface area contributed by atoms with Crippen LogP contribution in [0.2, 0.25) is 0 Å². The fourth-order valence-electron chi connectivity index (χ4n) is 2.92. The third-order valence-corrected chi connectivity index (χ3v) is 5.41. The number of hydrogen-bond acceptors (Lipinski definition) is 4. The second-order valence-corrected chi connectivity index (χ2v) is 8.18. The Balaban J connectivity index is 2.14. The zero-order valence-electron chi connectivity index (χ0n) is 17.0. The molecule has 0 radical (unpaired) electrons. The number of methoxy groups -OCH3 is 1. The van der Waals surface area contributed by atoms with Gasteiger partial charge < -0.3 is 14.5 Å². The molecule has 0 bridgehead atoms. The van der Waals surface area contributed by atoms with E-state index in [2.05, 4.69) is 19.1 Å². The van der Waals surface area contributed by atoms with E-state index in [0.717, 1.165) is 16.9 Å². The maximum atomic E-state index is 13.1. The standard InChI is InChI=1S/C22H30N2O3S/c1-4-8-21(25)23(13-14-27-3)17-22(26)24(15-19-9-6-5-7-10-19)16-20-12-11-18(2)28-20/h5-7,9-12H,4,8,13-17H2,1-3H3. The Hall–Kier alpha value is -2.18. The first kappa shape index (κ1) is 22.1. The number of nitrogens with zero attached hydrogens (tertiary/aromatic N) is 2. The average molecular weight is 403 g/mol. The van der Waals surface area contributed by atoms with Crippen LogP contribution in [0.5, 0.6) is 0 Å². The molecule has 2 rings (SSSR count). The number of rotatable bonds is 11. The van der Waals surface area contributed by atoms with E-state index in [-0.39, 0.29) is 18.4 Å². The van der Waals surface area contributed by atoms with E-state index >= 15 is 0 Å². The molecule has 1 heterocycles. The molecule has 0 saturated heterocycles. The zero-order chi connectivity index (χ0) is 20.4. The van der Waals surface area contributed by atoms with Gasteiger partial charge in [-0.15, -0.1) is 11.3 Å². The third kappa shape index (κ3) is 7.09. The first-order valence-corrected chi connectivity index (χ1v) is 10.5. The molecule has 0 unspecified atom stereocenters. The lowest BCUT2D eigenvalue weighted by Crippen LogP contribution is -2.43. The highest BCUT2D eigenvalue weighted by Crippen LogP contribution is 2.19. The van der Waals surface area contributed by atoms with Crippen molar-refractivity contribution in [3.63, 3.8) is 0 Å². The summed E-state index contributed by atoms with van der Waals surface area (Å²) in [5.41, 5.74) is 1.08. The number of ether oxygens (including phenoxy) is 1. The summed E-state index contributed by atoms with van der Waals surface area (Å²) >= 11 is 1.70. The molecule has 152 valence electrons. The van der Waals surface area contributed by atoms with Gasteiger partial charge in [-0.05, 0) is 31.0 Å². The molecule has 6 heteroatoms. The second kappa shape index (κ2) is 11.6. The largest absolute Gasteiger partial charge is 0.383 e. The minimum Gasteiger partial charge on any atom is -0.383 e. The summed E-state index contributed by atoms with van der Waals surface area (Å²) in [6.07, 6.45) is 1.21. The van der Waals surface area contributed by atoms with Gasteiger partial charge in [0.25, 0.3) is 0 Å². The van der Waals surface area contributed by atoms with Gasteiger partial charge in [-0.1, -0.05) is 37.3 Å². The fraction of sp³-hybridized carbons (Fsp3) is 0.455. The van der Waals surface area contributed by atoms with Crippen molar-refractivity contribution in [1.29, 1.82) is 0 Å². The van der Waals surface area contributed by atoms with Gasteiger partial charge in [0.05, 0.1) is 19.7 Å². The molecule has 2 amide bonds. The molecule has 0 N–H and O–H groups in total. The fourth-order valence-corrected chi connectivity index (χ4v) is 3.83. The Labute approximate surface area is 171 Å². The van der Waals surface area contributed by atoms with Gasteiger partial charge in [-0.2, -0.15) is 0 Å². The summed E-state index contributed by atoms with van der Waals surface area (Å²) in [6, 6.07) is 14.1. The van der Waals surface area contributed by atoms with Crippen LogP contribution >= 0.6 is 11.3 Å². The van der Waals surface area contributed by atoms with E-state index in [4.69, 9.17) is 4.74 Å². The Kier molecular flexibility index (Phi) is 9.17. The average Bonchev–Trinajstić information content (AvgIpc) is 3.10. The lowest BCUT2D eigenvalue weighted by atomic mass is 10.2. The minimum absolute atomic E-state index is 0.000436. The number of carbonyl (C=O) groups is 2. The van der Waals surface area contributed by atoms with Gasteiger partial charge in [-0.3, -0.25) is 9.59 Å². The highest BCUT2D eigenvalue weighted by molar-refractivity contribution is 7.11. The summed E-state index contributed by atoms with van der Waals surface area (Å²) in [6.45, 7) is 6.04. The minimum atomic E-state index is -0.0459. The predicted molar refractivity (Wildman–Crippen MR) is 113 cm³/mol. The van der Waals surface area contributed by atoms with Crippen molar-refractivity contribution >= 4 is 23.2 Å². The summed E-state index contributed by atoms with van der Waals surface area (Å²) in [5, 5.41) is 0. The summed E-state index contributed by atoms with van der Waals surface area (Å²) in [5.74, 6) is -0.0463. The van der Waals surface area contributed by atoms with Gasteiger partial charge in [0.15, 0.2) is 0 Å². The van der Waals surface area contributed by atoms with Crippen LogP contribution in [-0.4, -0.2) is 48.4 Å². The molecule has 2 aromatic rings. The highest BCUT2D eigenvalue weighted by atomic mass is 32.1. The van der Waals surface area contributed by atoms with Crippen molar-refractivity contribution in [2.45, 2.75) is 39.8 Å². The molecule has 0 aliphatic carbocycles. The number of thiophene rings is 1. The first-order chi connectivity index (χ1) is 13.5. The van der Waals surface area contributed by atoms with E-state index in [1.54, 1.807) is 23.3 Å². The van der Waals surface area contributed by atoms with E-state index in [1.165, 1.54) is 4.88 Å². The second-order valence-electron chi connectivity index (χ2n) is 6.81. The van der Waals surface area contributed by atoms with Crippen LogP contribution in [0, 0.1) is 6.92 Å². The predicted octanol–water partition coefficient (Wildman–Crippen LogP) is 3.86. The number of hydrogen-bond donors (Lipinski definition) is 0. The van der Waals surface area contributed by atoms with Crippen molar-refractivity contribution in [3.8, 4) is 0 Å². The van der Waals surface area contributed by atoms with Crippen molar-refractivity contribution in [3.05, 3.63) is 57.8 Å². The molecule has 1 aromatic heterocycles. The van der Waals surface area contributed by atoms with Crippen molar-refractivity contribution in [2.24, 2.45) is 0 Å². The van der Waals surface area contributed by atoms with Gasteiger partial charge in [0.2, 0.25) is 11.8 Å². The van der Waals surface area contributed by atoms with Crippen LogP contribution < -0.4 is 0 Å². The topological polar surface area (TPSA) is 49.9 Å². The molecule has 0 atom stereocenters. The molecule has 0 aliphatic rings. The third-order valence-electron chi connectivity index (χ3n) is 4.42. The molecule has 0 saturated carbocycles. The van der Waals surface area contributed by atoms with Gasteiger partial charge in [0, 0.05) is 36.4 Å². The Morgan fingerprint density at radius 3 is 2.36 bits per heavy atom. The summed E-state index contributed by atoms with van der Waals surface area (Å²) < 4.78 is 5.12. The summed E-state index contributed by atoms with van der Waals surface area (Å²) in [7, 11) is 1.60. The van der Waals surface area contributed by atoms with Gasteiger partial charge >= 0.3 is 0 Å². The molecular formula is C22H30N2O3S. The lowest BCUT2D eigenvalue weighted by molar-refractivity contribution is -0.141. The van der Waals surface area contributed by atoms with Crippen LogP contribution in [0.25, 0.3) is 0 Å². The number of carbonyl (C=O) groups excluding carboxylic acids is 2. The summed E-state index contributed by atoms with van der Waals surface area (Å²) in [4.78, 5) is 31.4. The first-order valence-electron chi connectivity index (χ1n) is 9.67. The maximum Gasteiger partial charge on any atom is 0.242 e. The Morgan fingerprint density at radius 1 is 1.00 bits per heavy atom. The zero-order valence-corrected chi connectivity index (χ0v) is 17.8. The number of aryl methyl sites for hydroxylation is 1. The molecule has 28 heavy (non-hydrogen) atoms. The van der Waals surface area contributed by atoms with E-state index in [0.29, 0.717) is 32.7 Å². The Morgan fingerprint density at radius 2 is 1.75 bits per heavy atom. The Bertz CT molecular complexity index is 745. The van der Waals surface area contributed by atoms with E-state index in [9.17, 15) is 9.59 Å². The van der Waals surface area contributed by atoms with Gasteiger partial charge in [-0.25, -0.2) is 0 Å². The number of benzene rings is 1. The van der Waals surface area contributed by atoms with Crippen LogP contribution in [0.3, 0.4) is 0 Å². The van der Waals surface area contributed by atoms with Crippen LogP contribution in [-0.2, 0) is 27.4 Å². The normalized spacial score (nSPS) is 10.7. The molecular weight excluding hydrogens is 372 g/mol. The molecule has 0 aliphatic heterocycles. The SMILES string of the molecule is CCCC(=O)N(CCOC)CC(=O)N(Cc1ccccc1)Cc1ccc(C)s1. The van der Waals surface area contributed by atoms with E-state index < -0.39 is 0 Å². The van der Waals surface area contributed by atoms with Crippen molar-refractivity contribution in [2.75, 3.05) is 26.8 Å². The molecule has 1 aromatic carbocycles. The smallest absolute Gasteiger partial charge is 0.242 e. The maximum absolute atomic E-state index is 13.1. The lowest BCUT2D eigenvalue weighted by Gasteiger charge is -2.27. The van der Waals surface area contributed by atoms with Crippen molar-refractivity contribution < 1.29 is 14.3 Å². The van der Waals surface area contributed by atoms with Crippen LogP contribution in [0.15, 0.2) is 42.5 Å². The van der Waals surface area contributed by atoms with E-state index in [1.807, 2.05) is 42.2 Å². The molecule has 5 nitrogen and oxygen atoms in total. The highest BCUT2D eigenvalue weighted by Gasteiger charge is 2.21. The van der Waals surface area contributed by atoms with Crippen LogP contribution in [0.1, 0.15) is 35.1 Å². The molecule has 0 spiro atoms. The van der Waals surface area contributed by atoms with Crippen LogP contribution in [0.4, 0.5) is 0 Å². The molecule has 0 fully saturated rings. The monoisotopic (exact) mass is 402 g/mol.